The van der Waals surface area contributed by atoms with Gasteiger partial charge in [-0.25, -0.2) is 0 Å². The molecular formula is C15H18F3NO3. The molecule has 1 aliphatic rings. The van der Waals surface area contributed by atoms with E-state index in [1.807, 2.05) is 0 Å². The van der Waals surface area contributed by atoms with Crippen molar-refractivity contribution in [2.75, 3.05) is 13.2 Å². The second-order valence-corrected chi connectivity index (χ2v) is 5.36. The molecule has 0 radical (unpaired) electrons. The average Bonchev–Trinajstić information content (AvgIpc) is 2.40. The van der Waals surface area contributed by atoms with Crippen LogP contribution in [0, 0.1) is 5.92 Å². The molecule has 0 aliphatic heterocycles. The van der Waals surface area contributed by atoms with Crippen molar-refractivity contribution < 1.29 is 27.8 Å². The minimum Gasteiger partial charge on any atom is -0.491 e. The summed E-state index contributed by atoms with van der Waals surface area (Å²) in [6, 6.07) is 4.44. The Balaban J connectivity index is 1.76. The van der Waals surface area contributed by atoms with Crippen LogP contribution in [0.4, 0.5) is 13.2 Å². The van der Waals surface area contributed by atoms with Crippen molar-refractivity contribution in [3.63, 3.8) is 0 Å². The second-order valence-electron chi connectivity index (χ2n) is 5.36. The Labute approximate surface area is 126 Å². The molecule has 0 spiro atoms. The topological polar surface area (TPSA) is 58.6 Å². The molecule has 122 valence electrons. The van der Waals surface area contributed by atoms with Gasteiger partial charge in [-0.3, -0.25) is 4.79 Å². The van der Waals surface area contributed by atoms with Crippen LogP contribution < -0.4 is 10.1 Å². The lowest BCUT2D eigenvalue weighted by Gasteiger charge is -2.24. The van der Waals surface area contributed by atoms with Crippen LogP contribution in [-0.2, 0) is 11.0 Å². The summed E-state index contributed by atoms with van der Waals surface area (Å²) in [6.45, 7) is -0.166. The quantitative estimate of drug-likeness (QED) is 0.847. The van der Waals surface area contributed by atoms with Crippen molar-refractivity contribution in [2.24, 2.45) is 5.92 Å². The number of ether oxygens (including phenoxy) is 1. The third-order valence-corrected chi connectivity index (χ3v) is 3.59. The van der Waals surface area contributed by atoms with Crippen LogP contribution in [0.1, 0.15) is 24.8 Å². The first-order valence-electron chi connectivity index (χ1n) is 7.12. The van der Waals surface area contributed by atoms with Crippen LogP contribution in [0.5, 0.6) is 5.75 Å². The molecule has 7 heteroatoms. The minimum atomic E-state index is -4.44. The van der Waals surface area contributed by atoms with E-state index in [0.29, 0.717) is 0 Å². The fraction of sp³-hybridized carbons (Fsp3) is 0.533. The van der Waals surface area contributed by atoms with E-state index < -0.39 is 17.8 Å². The highest BCUT2D eigenvalue weighted by molar-refractivity contribution is 5.79. The first-order valence-corrected chi connectivity index (χ1v) is 7.12. The van der Waals surface area contributed by atoms with Crippen LogP contribution in [0.15, 0.2) is 24.3 Å². The number of rotatable bonds is 6. The van der Waals surface area contributed by atoms with Gasteiger partial charge in [-0.1, -0.05) is 12.5 Å². The number of amides is 1. The van der Waals surface area contributed by atoms with Gasteiger partial charge in [-0.2, -0.15) is 13.2 Å². The molecule has 0 aromatic heterocycles. The molecule has 0 heterocycles. The Kier molecular flexibility index (Phi) is 5.28. The summed E-state index contributed by atoms with van der Waals surface area (Å²) < 4.78 is 42.8. The number of hydrogen-bond donors (Lipinski definition) is 2. The number of alkyl halides is 3. The summed E-state index contributed by atoms with van der Waals surface area (Å²) >= 11 is 0. The zero-order chi connectivity index (χ0) is 16.2. The zero-order valence-corrected chi connectivity index (χ0v) is 11.9. The lowest BCUT2D eigenvalue weighted by Crippen LogP contribution is -2.40. The van der Waals surface area contributed by atoms with Crippen molar-refractivity contribution in [3.8, 4) is 5.75 Å². The van der Waals surface area contributed by atoms with Gasteiger partial charge in [0.25, 0.3) is 0 Å². The lowest BCUT2D eigenvalue weighted by molar-refractivity contribution is -0.137. The number of hydrogen-bond acceptors (Lipinski definition) is 3. The molecule has 1 saturated carbocycles. The molecular weight excluding hydrogens is 299 g/mol. The van der Waals surface area contributed by atoms with Crippen molar-refractivity contribution >= 4 is 5.91 Å². The molecule has 2 rings (SSSR count). The van der Waals surface area contributed by atoms with E-state index in [2.05, 4.69) is 5.32 Å². The van der Waals surface area contributed by atoms with Gasteiger partial charge in [-0.05, 0) is 31.0 Å². The standard InChI is InChI=1S/C15H18F3NO3/c16-15(17,18)11-5-2-6-13(7-11)22-9-12(20)8-19-14(21)10-3-1-4-10/h2,5-7,10,12,20H,1,3-4,8-9H2,(H,19,21)/t12-/m0/s1. The van der Waals surface area contributed by atoms with Crippen LogP contribution in [0.3, 0.4) is 0 Å². The third kappa shape index (κ3) is 4.62. The molecule has 0 unspecified atom stereocenters. The molecule has 1 amide bonds. The van der Waals surface area contributed by atoms with Gasteiger partial charge in [-0.15, -0.1) is 0 Å². The Morgan fingerprint density at radius 3 is 2.73 bits per heavy atom. The van der Waals surface area contributed by atoms with Gasteiger partial charge in [0.05, 0.1) is 5.56 Å². The largest absolute Gasteiger partial charge is 0.491 e. The molecule has 1 aromatic rings. The SMILES string of the molecule is O=C(NC[C@H](O)COc1cccc(C(F)(F)F)c1)C1CCC1. The van der Waals surface area contributed by atoms with Crippen molar-refractivity contribution in [1.82, 2.24) is 5.32 Å². The number of carbonyl (C=O) groups is 1. The number of benzene rings is 1. The first-order chi connectivity index (χ1) is 10.4. The molecule has 1 aliphatic carbocycles. The Morgan fingerprint density at radius 1 is 1.41 bits per heavy atom. The molecule has 1 atom stereocenters. The summed E-state index contributed by atoms with van der Waals surface area (Å²) in [4.78, 5) is 11.6. The highest BCUT2D eigenvalue weighted by Crippen LogP contribution is 2.31. The van der Waals surface area contributed by atoms with E-state index in [0.717, 1.165) is 31.4 Å². The Bertz CT molecular complexity index is 515. The number of halogens is 3. The number of aliphatic hydroxyl groups excluding tert-OH is 1. The number of carbonyl (C=O) groups excluding carboxylic acids is 1. The minimum absolute atomic E-state index is 0.0221. The summed E-state index contributed by atoms with van der Waals surface area (Å²) in [7, 11) is 0. The predicted molar refractivity (Wildman–Crippen MR) is 73.3 cm³/mol. The van der Waals surface area contributed by atoms with Gasteiger partial charge in [0.1, 0.15) is 18.5 Å². The van der Waals surface area contributed by atoms with Gasteiger partial charge in [0, 0.05) is 12.5 Å². The number of aliphatic hydroxyl groups is 1. The maximum absolute atomic E-state index is 12.5. The molecule has 4 nitrogen and oxygen atoms in total. The van der Waals surface area contributed by atoms with Crippen LogP contribution in [-0.4, -0.2) is 30.3 Å². The summed E-state index contributed by atoms with van der Waals surface area (Å²) in [6.07, 6.45) is -2.64. The van der Waals surface area contributed by atoms with E-state index in [9.17, 15) is 23.1 Å². The average molecular weight is 317 g/mol. The number of nitrogens with one attached hydrogen (secondary N) is 1. The van der Waals surface area contributed by atoms with E-state index >= 15 is 0 Å². The molecule has 1 fully saturated rings. The maximum Gasteiger partial charge on any atom is 0.416 e. The van der Waals surface area contributed by atoms with Crippen LogP contribution in [0.2, 0.25) is 0 Å². The molecule has 0 saturated heterocycles. The fourth-order valence-corrected chi connectivity index (χ4v) is 2.05. The Morgan fingerprint density at radius 2 is 2.14 bits per heavy atom. The first kappa shape index (κ1) is 16.6. The maximum atomic E-state index is 12.5. The van der Waals surface area contributed by atoms with E-state index in [4.69, 9.17) is 4.74 Å². The molecule has 22 heavy (non-hydrogen) atoms. The van der Waals surface area contributed by atoms with Crippen molar-refractivity contribution in [3.05, 3.63) is 29.8 Å². The molecule has 2 N–H and O–H groups in total. The predicted octanol–water partition coefficient (Wildman–Crippen LogP) is 2.36. The zero-order valence-electron chi connectivity index (χ0n) is 11.9. The van der Waals surface area contributed by atoms with Gasteiger partial charge < -0.3 is 15.2 Å². The van der Waals surface area contributed by atoms with Crippen molar-refractivity contribution in [1.29, 1.82) is 0 Å². The normalized spacial score (nSPS) is 16.7. The fourth-order valence-electron chi connectivity index (χ4n) is 2.05. The van der Waals surface area contributed by atoms with Crippen LogP contribution >= 0.6 is 0 Å². The van der Waals surface area contributed by atoms with E-state index in [-0.39, 0.29) is 30.7 Å². The monoisotopic (exact) mass is 317 g/mol. The molecule has 0 bridgehead atoms. The van der Waals surface area contributed by atoms with Crippen LogP contribution in [0.25, 0.3) is 0 Å². The van der Waals surface area contributed by atoms with Crippen molar-refractivity contribution in [2.45, 2.75) is 31.5 Å². The summed E-state index contributed by atoms with van der Waals surface area (Å²) in [5, 5.41) is 12.3. The van der Waals surface area contributed by atoms with Gasteiger partial charge in [0.2, 0.25) is 5.91 Å². The van der Waals surface area contributed by atoms with E-state index in [1.165, 1.54) is 12.1 Å². The summed E-state index contributed by atoms with van der Waals surface area (Å²) in [5.74, 6) is -0.0415. The lowest BCUT2D eigenvalue weighted by atomic mass is 9.85. The Hall–Kier alpha value is -1.76. The highest BCUT2D eigenvalue weighted by atomic mass is 19.4. The third-order valence-electron chi connectivity index (χ3n) is 3.59. The highest BCUT2D eigenvalue weighted by Gasteiger charge is 2.30. The second kappa shape index (κ2) is 7.00. The van der Waals surface area contributed by atoms with Gasteiger partial charge in [0.15, 0.2) is 0 Å². The summed E-state index contributed by atoms with van der Waals surface area (Å²) in [5.41, 5.74) is -0.808. The smallest absolute Gasteiger partial charge is 0.416 e. The van der Waals surface area contributed by atoms with Gasteiger partial charge >= 0.3 is 6.18 Å². The van der Waals surface area contributed by atoms with E-state index in [1.54, 1.807) is 0 Å². The molecule has 1 aromatic carbocycles.